The zero-order valence-corrected chi connectivity index (χ0v) is 12.9. The Kier molecular flexibility index (Phi) is 4.38. The van der Waals surface area contributed by atoms with Crippen molar-refractivity contribution < 1.29 is 0 Å². The Labute approximate surface area is 125 Å². The standard InChI is InChI=1S/C17H22N2S/c1-14-8-11-20-17(14)12-18-16-7-3-2-6-15(16)13-19-9-4-5-10-19/h2-3,6-8,11,18H,4-5,9-10,12-13H2,1H3. The van der Waals surface area contributed by atoms with Crippen molar-refractivity contribution in [2.75, 3.05) is 18.4 Å². The van der Waals surface area contributed by atoms with E-state index in [9.17, 15) is 0 Å². The molecule has 3 rings (SSSR count). The molecule has 2 aromatic rings. The molecule has 1 fully saturated rings. The van der Waals surface area contributed by atoms with Gasteiger partial charge in [0, 0.05) is 23.7 Å². The van der Waals surface area contributed by atoms with Crippen LogP contribution < -0.4 is 5.32 Å². The van der Waals surface area contributed by atoms with Crippen LogP contribution in [0, 0.1) is 6.92 Å². The number of hydrogen-bond acceptors (Lipinski definition) is 3. The zero-order chi connectivity index (χ0) is 13.8. The molecule has 1 aliphatic heterocycles. The molecule has 1 saturated heterocycles. The Balaban J connectivity index is 1.67. The monoisotopic (exact) mass is 286 g/mol. The molecular weight excluding hydrogens is 264 g/mol. The summed E-state index contributed by atoms with van der Waals surface area (Å²) >= 11 is 1.83. The first-order valence-corrected chi connectivity index (χ1v) is 8.28. The predicted octanol–water partition coefficient (Wildman–Crippen LogP) is 4.26. The topological polar surface area (TPSA) is 15.3 Å². The first-order valence-electron chi connectivity index (χ1n) is 7.40. The van der Waals surface area contributed by atoms with E-state index in [-0.39, 0.29) is 0 Å². The molecule has 0 saturated carbocycles. The van der Waals surface area contributed by atoms with Gasteiger partial charge in [-0.3, -0.25) is 4.90 Å². The van der Waals surface area contributed by atoms with E-state index in [1.54, 1.807) is 0 Å². The highest BCUT2D eigenvalue weighted by Gasteiger charge is 2.13. The van der Waals surface area contributed by atoms with Crippen molar-refractivity contribution >= 4 is 17.0 Å². The van der Waals surface area contributed by atoms with Gasteiger partial charge in [-0.25, -0.2) is 0 Å². The maximum absolute atomic E-state index is 3.61. The predicted molar refractivity (Wildman–Crippen MR) is 87.3 cm³/mol. The first-order chi connectivity index (χ1) is 9.83. The van der Waals surface area contributed by atoms with Crippen molar-refractivity contribution in [2.45, 2.75) is 32.9 Å². The Morgan fingerprint density at radius 3 is 2.70 bits per heavy atom. The fraction of sp³-hybridized carbons (Fsp3) is 0.412. The number of para-hydroxylation sites is 1. The summed E-state index contributed by atoms with van der Waals surface area (Å²) in [5, 5.41) is 5.78. The van der Waals surface area contributed by atoms with Crippen LogP contribution in [0.3, 0.4) is 0 Å². The van der Waals surface area contributed by atoms with Crippen molar-refractivity contribution in [1.82, 2.24) is 4.90 Å². The highest BCUT2D eigenvalue weighted by molar-refractivity contribution is 7.10. The molecule has 2 heterocycles. The molecular formula is C17H22N2S. The Morgan fingerprint density at radius 1 is 1.15 bits per heavy atom. The van der Waals surface area contributed by atoms with Gasteiger partial charge in [0.05, 0.1) is 0 Å². The maximum Gasteiger partial charge on any atom is 0.0496 e. The van der Waals surface area contributed by atoms with E-state index in [0.717, 1.165) is 13.1 Å². The Bertz CT molecular complexity index is 556. The van der Waals surface area contributed by atoms with Gasteiger partial charge in [0.15, 0.2) is 0 Å². The van der Waals surface area contributed by atoms with Crippen LogP contribution in [-0.4, -0.2) is 18.0 Å². The Hall–Kier alpha value is -1.32. The summed E-state index contributed by atoms with van der Waals surface area (Å²) in [5.74, 6) is 0. The van der Waals surface area contributed by atoms with E-state index >= 15 is 0 Å². The summed E-state index contributed by atoms with van der Waals surface area (Å²) in [4.78, 5) is 3.98. The van der Waals surface area contributed by atoms with E-state index < -0.39 is 0 Å². The van der Waals surface area contributed by atoms with Gasteiger partial charge in [-0.15, -0.1) is 11.3 Å². The maximum atomic E-state index is 3.61. The van der Waals surface area contributed by atoms with Gasteiger partial charge in [0.2, 0.25) is 0 Å². The molecule has 0 atom stereocenters. The molecule has 2 nitrogen and oxygen atoms in total. The SMILES string of the molecule is Cc1ccsc1CNc1ccccc1CN1CCCC1. The van der Waals surface area contributed by atoms with Crippen LogP contribution in [0.1, 0.15) is 28.8 Å². The number of likely N-dealkylation sites (tertiary alicyclic amines) is 1. The molecule has 0 spiro atoms. The number of rotatable bonds is 5. The van der Waals surface area contributed by atoms with Crippen LogP contribution in [0.4, 0.5) is 5.69 Å². The summed E-state index contributed by atoms with van der Waals surface area (Å²) in [6.07, 6.45) is 2.70. The number of aryl methyl sites for hydroxylation is 1. The number of thiophene rings is 1. The van der Waals surface area contributed by atoms with Gasteiger partial charge in [-0.2, -0.15) is 0 Å². The highest BCUT2D eigenvalue weighted by atomic mass is 32.1. The van der Waals surface area contributed by atoms with Crippen molar-refractivity contribution in [1.29, 1.82) is 0 Å². The van der Waals surface area contributed by atoms with Crippen LogP contribution in [-0.2, 0) is 13.1 Å². The number of hydrogen-bond donors (Lipinski definition) is 1. The van der Waals surface area contributed by atoms with Gasteiger partial charge < -0.3 is 5.32 Å². The van der Waals surface area contributed by atoms with Crippen LogP contribution in [0.5, 0.6) is 0 Å². The third kappa shape index (κ3) is 3.22. The fourth-order valence-electron chi connectivity index (χ4n) is 2.77. The average molecular weight is 286 g/mol. The third-order valence-electron chi connectivity index (χ3n) is 4.02. The summed E-state index contributed by atoms with van der Waals surface area (Å²) in [5.41, 5.74) is 4.09. The zero-order valence-electron chi connectivity index (χ0n) is 12.1. The Morgan fingerprint density at radius 2 is 1.95 bits per heavy atom. The molecule has 0 aliphatic carbocycles. The van der Waals surface area contributed by atoms with E-state index in [2.05, 4.69) is 52.9 Å². The second-order valence-corrected chi connectivity index (χ2v) is 6.52. The molecule has 0 amide bonds. The lowest BCUT2D eigenvalue weighted by atomic mass is 10.1. The van der Waals surface area contributed by atoms with E-state index in [0.29, 0.717) is 0 Å². The van der Waals surface area contributed by atoms with Crippen molar-refractivity contribution in [3.8, 4) is 0 Å². The number of nitrogens with one attached hydrogen (secondary N) is 1. The molecule has 1 aromatic heterocycles. The largest absolute Gasteiger partial charge is 0.380 e. The summed E-state index contributed by atoms with van der Waals surface area (Å²) in [7, 11) is 0. The molecule has 1 aliphatic rings. The molecule has 3 heteroatoms. The number of anilines is 1. The quantitative estimate of drug-likeness (QED) is 0.883. The van der Waals surface area contributed by atoms with Crippen molar-refractivity contribution in [2.24, 2.45) is 0 Å². The minimum absolute atomic E-state index is 0.931. The van der Waals surface area contributed by atoms with Crippen molar-refractivity contribution in [3.05, 3.63) is 51.7 Å². The number of benzene rings is 1. The van der Waals surface area contributed by atoms with Gasteiger partial charge in [0.1, 0.15) is 0 Å². The molecule has 1 N–H and O–H groups in total. The van der Waals surface area contributed by atoms with Gasteiger partial charge in [-0.1, -0.05) is 18.2 Å². The molecule has 106 valence electrons. The van der Waals surface area contributed by atoms with E-state index in [1.807, 2.05) is 11.3 Å². The second kappa shape index (κ2) is 6.42. The van der Waals surface area contributed by atoms with Crippen LogP contribution in [0.2, 0.25) is 0 Å². The lowest BCUT2D eigenvalue weighted by molar-refractivity contribution is 0.332. The van der Waals surface area contributed by atoms with Crippen molar-refractivity contribution in [3.63, 3.8) is 0 Å². The molecule has 0 unspecified atom stereocenters. The molecule has 1 aromatic carbocycles. The van der Waals surface area contributed by atoms with E-state index in [4.69, 9.17) is 0 Å². The summed E-state index contributed by atoms with van der Waals surface area (Å²) < 4.78 is 0. The summed E-state index contributed by atoms with van der Waals surface area (Å²) in [6.45, 7) is 6.69. The minimum Gasteiger partial charge on any atom is -0.380 e. The van der Waals surface area contributed by atoms with Gasteiger partial charge >= 0.3 is 0 Å². The van der Waals surface area contributed by atoms with Crippen LogP contribution in [0.15, 0.2) is 35.7 Å². The lowest BCUT2D eigenvalue weighted by Crippen LogP contribution is -2.19. The lowest BCUT2D eigenvalue weighted by Gasteiger charge is -2.18. The van der Waals surface area contributed by atoms with Gasteiger partial charge in [-0.05, 0) is 61.5 Å². The van der Waals surface area contributed by atoms with Crippen LogP contribution >= 0.6 is 11.3 Å². The third-order valence-corrected chi connectivity index (χ3v) is 5.04. The second-order valence-electron chi connectivity index (χ2n) is 5.52. The summed E-state index contributed by atoms with van der Waals surface area (Å²) in [6, 6.07) is 10.9. The van der Waals surface area contributed by atoms with Gasteiger partial charge in [0.25, 0.3) is 0 Å². The minimum atomic E-state index is 0.931. The fourth-order valence-corrected chi connectivity index (χ4v) is 3.62. The normalized spacial score (nSPS) is 15.7. The first kappa shape index (κ1) is 13.7. The molecule has 0 radical (unpaired) electrons. The molecule has 20 heavy (non-hydrogen) atoms. The van der Waals surface area contributed by atoms with Crippen LogP contribution in [0.25, 0.3) is 0 Å². The number of nitrogens with zero attached hydrogens (tertiary/aromatic N) is 1. The molecule has 0 bridgehead atoms. The average Bonchev–Trinajstić information content (AvgIpc) is 3.10. The van der Waals surface area contributed by atoms with E-state index in [1.165, 1.54) is 47.6 Å². The highest BCUT2D eigenvalue weighted by Crippen LogP contribution is 2.22. The smallest absolute Gasteiger partial charge is 0.0496 e.